The van der Waals surface area contributed by atoms with Gasteiger partial charge in [0.1, 0.15) is 0 Å². The molecule has 1 rings (SSSR count). The van der Waals surface area contributed by atoms with Gasteiger partial charge in [0.05, 0.1) is 0 Å². The first kappa shape index (κ1) is 12.6. The van der Waals surface area contributed by atoms with Gasteiger partial charge in [-0.3, -0.25) is 4.98 Å². The lowest BCUT2D eigenvalue weighted by molar-refractivity contribution is 0.425. The van der Waals surface area contributed by atoms with Crippen molar-refractivity contribution >= 4 is 36.2 Å². The molecule has 0 saturated carbocycles. The fourth-order valence-corrected chi connectivity index (χ4v) is 0.952. The van der Waals surface area contributed by atoms with Crippen LogP contribution in [-0.4, -0.2) is 39.9 Å². The highest BCUT2D eigenvalue weighted by Gasteiger charge is 2.10. The Kier molecular flexibility index (Phi) is 6.83. The van der Waals surface area contributed by atoms with E-state index in [1.807, 2.05) is 0 Å². The molecule has 0 amide bonds. The Balaban J connectivity index is 0.000000424. The Morgan fingerprint density at radius 3 is 2.15 bits per heavy atom. The zero-order chi connectivity index (χ0) is 10.3. The minimum Gasteiger partial charge on any atom is -0.429 e. The van der Waals surface area contributed by atoms with Crippen LogP contribution in [0.25, 0.3) is 0 Å². The van der Waals surface area contributed by atoms with Crippen LogP contribution in [0.1, 0.15) is 0 Å². The highest BCUT2D eigenvalue weighted by atomic mass is 79.9. The smallest absolute Gasteiger partial charge is 0.429 e. The van der Waals surface area contributed by atoms with E-state index in [1.54, 1.807) is 12.3 Å². The van der Waals surface area contributed by atoms with Crippen molar-refractivity contribution in [3.63, 3.8) is 0 Å². The lowest BCUT2D eigenvalue weighted by Gasteiger charge is -1.96. The maximum Gasteiger partial charge on any atom is 0.490 e. The first-order valence-electron chi connectivity index (χ1n) is 3.18. The van der Waals surface area contributed by atoms with Gasteiger partial charge in [-0.15, -0.1) is 0 Å². The lowest BCUT2D eigenvalue weighted by atomic mass is 9.82. The minimum atomic E-state index is -1.44. The second-order valence-corrected chi connectivity index (χ2v) is 2.84. The SMILES string of the molecule is OB(O)c1cncc(Br)c1.O[B]O. The Hall–Kier alpha value is -0.400. The van der Waals surface area contributed by atoms with Gasteiger partial charge in [0.2, 0.25) is 0 Å². The van der Waals surface area contributed by atoms with Crippen molar-refractivity contribution in [1.29, 1.82) is 0 Å². The molecule has 69 valence electrons. The Bertz CT molecular complexity index is 250. The first-order valence-corrected chi connectivity index (χ1v) is 3.97. The maximum atomic E-state index is 8.64. The van der Waals surface area contributed by atoms with Gasteiger partial charge in [0.15, 0.2) is 0 Å². The van der Waals surface area contributed by atoms with Gasteiger partial charge in [-0.25, -0.2) is 0 Å². The van der Waals surface area contributed by atoms with Crippen LogP contribution < -0.4 is 5.46 Å². The summed E-state index contributed by atoms with van der Waals surface area (Å²) >= 11 is 3.15. The molecule has 13 heavy (non-hydrogen) atoms. The third kappa shape index (κ3) is 5.78. The molecule has 0 unspecified atom stereocenters. The maximum absolute atomic E-state index is 8.64. The van der Waals surface area contributed by atoms with Gasteiger partial charge in [0.25, 0.3) is 0 Å². The summed E-state index contributed by atoms with van der Waals surface area (Å²) in [6, 6.07) is 1.59. The molecular weight excluding hydrogens is 240 g/mol. The summed E-state index contributed by atoms with van der Waals surface area (Å²) in [6.07, 6.45) is 2.97. The van der Waals surface area contributed by atoms with Crippen LogP contribution in [0.5, 0.6) is 0 Å². The molecule has 0 bridgehead atoms. The first-order chi connectivity index (χ1) is 6.11. The van der Waals surface area contributed by atoms with Gasteiger partial charge < -0.3 is 20.1 Å². The predicted octanol–water partition coefficient (Wildman–Crippen LogP) is -1.97. The van der Waals surface area contributed by atoms with Crippen LogP contribution in [-0.2, 0) is 0 Å². The van der Waals surface area contributed by atoms with Gasteiger partial charge >= 0.3 is 14.8 Å². The van der Waals surface area contributed by atoms with Gasteiger partial charge in [-0.2, -0.15) is 0 Å². The second kappa shape index (κ2) is 7.05. The topological polar surface area (TPSA) is 93.8 Å². The van der Waals surface area contributed by atoms with E-state index in [0.717, 1.165) is 4.47 Å². The molecule has 0 atom stereocenters. The monoisotopic (exact) mass is 246 g/mol. The molecule has 8 heteroatoms. The Labute approximate surface area is 84.7 Å². The van der Waals surface area contributed by atoms with E-state index in [0.29, 0.717) is 5.46 Å². The van der Waals surface area contributed by atoms with E-state index >= 15 is 0 Å². The molecule has 0 aromatic carbocycles. The Morgan fingerprint density at radius 1 is 1.31 bits per heavy atom. The fraction of sp³-hybridized carbons (Fsp3) is 0. The lowest BCUT2D eigenvalue weighted by Crippen LogP contribution is -2.29. The van der Waals surface area contributed by atoms with Crippen LogP contribution in [0.4, 0.5) is 0 Å². The van der Waals surface area contributed by atoms with Crippen LogP contribution in [0, 0.1) is 0 Å². The average molecular weight is 247 g/mol. The normalized spacial score (nSPS) is 8.38. The van der Waals surface area contributed by atoms with Crippen molar-refractivity contribution in [2.75, 3.05) is 0 Å². The summed E-state index contributed by atoms with van der Waals surface area (Å²) in [5.74, 6) is 0. The number of rotatable bonds is 1. The summed E-state index contributed by atoms with van der Waals surface area (Å²) in [7, 11) is -1.44. The molecule has 0 aliphatic heterocycles. The van der Waals surface area contributed by atoms with Crippen molar-refractivity contribution in [2.45, 2.75) is 0 Å². The summed E-state index contributed by atoms with van der Waals surface area (Å²) in [5.41, 5.74) is 0.384. The summed E-state index contributed by atoms with van der Waals surface area (Å²) in [4.78, 5) is 3.74. The second-order valence-electron chi connectivity index (χ2n) is 1.93. The minimum absolute atomic E-state index is 0. The highest BCUT2D eigenvalue weighted by Crippen LogP contribution is 2.02. The van der Waals surface area contributed by atoms with E-state index in [1.165, 1.54) is 6.20 Å². The predicted molar refractivity (Wildman–Crippen MR) is 52.0 cm³/mol. The molecule has 0 spiro atoms. The standard InChI is InChI=1S/C5H5BBrNO2.BH2O2/c7-5-1-4(6(9)10)2-8-3-5;2-1-3/h1-3,9-10H;2-3H. The van der Waals surface area contributed by atoms with Gasteiger partial charge in [-0.1, -0.05) is 0 Å². The molecule has 1 aromatic rings. The molecule has 0 saturated heterocycles. The van der Waals surface area contributed by atoms with Crippen molar-refractivity contribution in [2.24, 2.45) is 0 Å². The largest absolute Gasteiger partial charge is 0.490 e. The molecule has 4 N–H and O–H groups in total. The van der Waals surface area contributed by atoms with E-state index < -0.39 is 7.12 Å². The van der Waals surface area contributed by atoms with E-state index in [-0.39, 0.29) is 7.69 Å². The van der Waals surface area contributed by atoms with E-state index in [4.69, 9.17) is 20.1 Å². The number of pyridine rings is 1. The molecule has 0 aliphatic rings. The molecular formula is C5H7B2BrNO4. The van der Waals surface area contributed by atoms with Crippen LogP contribution in [0.2, 0.25) is 0 Å². The fourth-order valence-electron chi connectivity index (χ4n) is 0.569. The molecule has 1 heterocycles. The summed E-state index contributed by atoms with van der Waals surface area (Å²) in [6.45, 7) is 0. The molecule has 5 nitrogen and oxygen atoms in total. The third-order valence-electron chi connectivity index (χ3n) is 1.02. The Morgan fingerprint density at radius 2 is 1.85 bits per heavy atom. The van der Waals surface area contributed by atoms with Crippen molar-refractivity contribution in [3.05, 3.63) is 22.9 Å². The van der Waals surface area contributed by atoms with Crippen molar-refractivity contribution in [1.82, 2.24) is 4.98 Å². The van der Waals surface area contributed by atoms with E-state index in [9.17, 15) is 0 Å². The van der Waals surface area contributed by atoms with Crippen LogP contribution in [0.15, 0.2) is 22.9 Å². The zero-order valence-corrected chi connectivity index (χ0v) is 8.09. The molecule has 0 aliphatic carbocycles. The van der Waals surface area contributed by atoms with Crippen LogP contribution in [0.3, 0.4) is 0 Å². The number of hydrogen-bond acceptors (Lipinski definition) is 5. The summed E-state index contributed by atoms with van der Waals surface area (Å²) in [5, 5.41) is 31.3. The number of aromatic nitrogens is 1. The summed E-state index contributed by atoms with van der Waals surface area (Å²) < 4.78 is 0.734. The van der Waals surface area contributed by atoms with Crippen molar-refractivity contribution in [3.8, 4) is 0 Å². The van der Waals surface area contributed by atoms with E-state index in [2.05, 4.69) is 20.9 Å². The molecule has 1 aromatic heterocycles. The zero-order valence-electron chi connectivity index (χ0n) is 6.50. The van der Waals surface area contributed by atoms with Crippen LogP contribution >= 0.6 is 15.9 Å². The number of nitrogens with zero attached hydrogens (tertiary/aromatic N) is 1. The van der Waals surface area contributed by atoms with Gasteiger partial charge in [0, 0.05) is 22.3 Å². The third-order valence-corrected chi connectivity index (χ3v) is 1.46. The van der Waals surface area contributed by atoms with Crippen molar-refractivity contribution < 1.29 is 20.1 Å². The number of hydrogen-bond donors (Lipinski definition) is 4. The molecule has 1 radical (unpaired) electrons. The van der Waals surface area contributed by atoms with Gasteiger partial charge in [-0.05, 0) is 22.0 Å². The average Bonchev–Trinajstić information content (AvgIpc) is 2.05. The molecule has 0 fully saturated rings. The quantitative estimate of drug-likeness (QED) is 0.432. The highest BCUT2D eigenvalue weighted by molar-refractivity contribution is 9.10. The number of halogens is 1.